The van der Waals surface area contributed by atoms with E-state index in [2.05, 4.69) is 11.4 Å². The molecule has 0 aliphatic carbocycles. The zero-order chi connectivity index (χ0) is 10.5. The minimum atomic E-state index is 0.568. The lowest BCUT2D eigenvalue weighted by molar-refractivity contribution is -0.109. The van der Waals surface area contributed by atoms with Gasteiger partial charge < -0.3 is 9.88 Å². The molecule has 0 spiro atoms. The Morgan fingerprint density at radius 1 is 1.20 bits per heavy atom. The molecule has 1 N–H and O–H groups in total. The van der Waals surface area contributed by atoms with Gasteiger partial charge in [-0.1, -0.05) is 12.1 Å². The first-order valence-corrected chi connectivity index (χ1v) is 4.79. The minimum absolute atomic E-state index is 0.568. The topological polar surface area (TPSA) is 34.0 Å². The van der Waals surface area contributed by atoms with Crippen molar-refractivity contribution in [3.05, 3.63) is 54.4 Å². The van der Waals surface area contributed by atoms with Gasteiger partial charge in [-0.05, 0) is 29.8 Å². The maximum atomic E-state index is 10.2. The van der Waals surface area contributed by atoms with Gasteiger partial charge in [0.15, 0.2) is 0 Å². The van der Waals surface area contributed by atoms with Crippen molar-refractivity contribution >= 4 is 6.41 Å². The van der Waals surface area contributed by atoms with Crippen LogP contribution in [0, 0.1) is 0 Å². The lowest BCUT2D eigenvalue weighted by atomic mass is 10.2. The van der Waals surface area contributed by atoms with E-state index in [0.717, 1.165) is 11.3 Å². The molecule has 0 saturated carbocycles. The highest BCUT2D eigenvalue weighted by atomic mass is 16.1. The second-order valence-corrected chi connectivity index (χ2v) is 3.26. The van der Waals surface area contributed by atoms with E-state index < -0.39 is 0 Å². The second kappa shape index (κ2) is 4.46. The summed E-state index contributed by atoms with van der Waals surface area (Å²) < 4.78 is 2.03. The maximum Gasteiger partial charge on any atom is 0.207 e. The Morgan fingerprint density at radius 3 is 2.73 bits per heavy atom. The van der Waals surface area contributed by atoms with Crippen LogP contribution in [0.1, 0.15) is 5.56 Å². The lowest BCUT2D eigenvalue weighted by Gasteiger charge is -2.05. The fourth-order valence-corrected chi connectivity index (χ4v) is 1.49. The molecule has 1 amide bonds. The molecular weight excluding hydrogens is 188 g/mol. The van der Waals surface area contributed by atoms with E-state index in [0.29, 0.717) is 13.0 Å². The molecule has 1 heterocycles. The monoisotopic (exact) mass is 200 g/mol. The molecule has 3 nitrogen and oxygen atoms in total. The summed E-state index contributed by atoms with van der Waals surface area (Å²) in [4.78, 5) is 10.2. The molecule has 76 valence electrons. The third kappa shape index (κ3) is 2.26. The van der Waals surface area contributed by atoms with Gasteiger partial charge >= 0.3 is 0 Å². The van der Waals surface area contributed by atoms with Gasteiger partial charge in [0, 0.05) is 24.6 Å². The Balaban J connectivity index is 2.23. The van der Waals surface area contributed by atoms with Crippen molar-refractivity contribution in [2.75, 3.05) is 0 Å². The molecule has 0 fully saturated rings. The molecule has 0 unspecified atom stereocenters. The number of nitrogens with one attached hydrogen (secondary N) is 1. The van der Waals surface area contributed by atoms with E-state index in [4.69, 9.17) is 0 Å². The summed E-state index contributed by atoms with van der Waals surface area (Å²) in [7, 11) is 0. The number of hydrogen-bond donors (Lipinski definition) is 1. The van der Waals surface area contributed by atoms with Crippen molar-refractivity contribution in [3.63, 3.8) is 0 Å². The third-order valence-electron chi connectivity index (χ3n) is 2.20. The van der Waals surface area contributed by atoms with Crippen LogP contribution in [-0.4, -0.2) is 11.0 Å². The smallest absolute Gasteiger partial charge is 0.207 e. The van der Waals surface area contributed by atoms with Gasteiger partial charge in [-0.25, -0.2) is 0 Å². The first-order chi connectivity index (χ1) is 7.40. The van der Waals surface area contributed by atoms with Gasteiger partial charge in [0.1, 0.15) is 0 Å². The van der Waals surface area contributed by atoms with E-state index >= 15 is 0 Å². The number of nitrogens with zero attached hydrogens (tertiary/aromatic N) is 1. The molecule has 1 aromatic heterocycles. The van der Waals surface area contributed by atoms with Crippen LogP contribution in [0.5, 0.6) is 0 Å². The van der Waals surface area contributed by atoms with Gasteiger partial charge in [-0.2, -0.15) is 0 Å². The van der Waals surface area contributed by atoms with Crippen LogP contribution in [-0.2, 0) is 11.3 Å². The van der Waals surface area contributed by atoms with Crippen LogP contribution in [0.3, 0.4) is 0 Å². The summed E-state index contributed by atoms with van der Waals surface area (Å²) in [6.45, 7) is 0.568. The van der Waals surface area contributed by atoms with E-state index in [1.165, 1.54) is 0 Å². The summed E-state index contributed by atoms with van der Waals surface area (Å²) in [6, 6.07) is 12.0. The summed E-state index contributed by atoms with van der Waals surface area (Å²) in [5.74, 6) is 0. The van der Waals surface area contributed by atoms with Gasteiger partial charge in [0.05, 0.1) is 0 Å². The van der Waals surface area contributed by atoms with Crippen molar-refractivity contribution in [2.24, 2.45) is 0 Å². The zero-order valence-corrected chi connectivity index (χ0v) is 8.26. The van der Waals surface area contributed by atoms with Crippen LogP contribution < -0.4 is 5.32 Å². The predicted octanol–water partition coefficient (Wildman–Crippen LogP) is 1.72. The van der Waals surface area contributed by atoms with Gasteiger partial charge in [-0.15, -0.1) is 0 Å². The average molecular weight is 200 g/mol. The van der Waals surface area contributed by atoms with Crippen molar-refractivity contribution < 1.29 is 4.79 Å². The van der Waals surface area contributed by atoms with Crippen molar-refractivity contribution in [1.29, 1.82) is 0 Å². The molecule has 0 aliphatic heterocycles. The molecule has 0 saturated heterocycles. The number of carbonyl (C=O) groups is 1. The SMILES string of the molecule is O=CNCc1cccc(-n2cccc2)c1. The molecule has 2 rings (SSSR count). The molecule has 0 atom stereocenters. The lowest BCUT2D eigenvalue weighted by Crippen LogP contribution is -2.09. The van der Waals surface area contributed by atoms with Crippen molar-refractivity contribution in [2.45, 2.75) is 6.54 Å². The maximum absolute atomic E-state index is 10.2. The zero-order valence-electron chi connectivity index (χ0n) is 8.26. The van der Waals surface area contributed by atoms with Gasteiger partial charge in [-0.3, -0.25) is 4.79 Å². The second-order valence-electron chi connectivity index (χ2n) is 3.26. The van der Waals surface area contributed by atoms with Gasteiger partial charge in [0.2, 0.25) is 6.41 Å². The van der Waals surface area contributed by atoms with Crippen LogP contribution in [0.25, 0.3) is 5.69 Å². The number of rotatable bonds is 4. The van der Waals surface area contributed by atoms with Crippen LogP contribution >= 0.6 is 0 Å². The highest BCUT2D eigenvalue weighted by Gasteiger charge is 1.96. The fourth-order valence-electron chi connectivity index (χ4n) is 1.49. The van der Waals surface area contributed by atoms with E-state index in [1.54, 1.807) is 0 Å². The summed E-state index contributed by atoms with van der Waals surface area (Å²) >= 11 is 0. The van der Waals surface area contributed by atoms with Crippen molar-refractivity contribution in [3.8, 4) is 5.69 Å². The first-order valence-electron chi connectivity index (χ1n) is 4.79. The quantitative estimate of drug-likeness (QED) is 0.749. The number of benzene rings is 1. The average Bonchev–Trinajstić information content (AvgIpc) is 2.80. The standard InChI is InChI=1S/C12H12N2O/c15-10-13-9-11-4-3-5-12(8-11)14-6-1-2-7-14/h1-8,10H,9H2,(H,13,15). The number of aromatic nitrogens is 1. The third-order valence-corrected chi connectivity index (χ3v) is 2.20. The van der Waals surface area contributed by atoms with E-state index in [1.807, 2.05) is 47.3 Å². The summed E-state index contributed by atoms with van der Waals surface area (Å²) in [5.41, 5.74) is 2.19. The molecule has 0 bridgehead atoms. The fraction of sp³-hybridized carbons (Fsp3) is 0.0833. The van der Waals surface area contributed by atoms with E-state index in [-0.39, 0.29) is 0 Å². The van der Waals surface area contributed by atoms with Crippen LogP contribution in [0.2, 0.25) is 0 Å². The highest BCUT2D eigenvalue weighted by molar-refractivity contribution is 5.46. The minimum Gasteiger partial charge on any atom is -0.355 e. The molecule has 1 aromatic carbocycles. The number of carbonyl (C=O) groups excluding carboxylic acids is 1. The first kappa shape index (κ1) is 9.52. The molecule has 0 radical (unpaired) electrons. The normalized spacial score (nSPS) is 9.87. The molecule has 3 heteroatoms. The highest BCUT2D eigenvalue weighted by Crippen LogP contribution is 2.10. The van der Waals surface area contributed by atoms with E-state index in [9.17, 15) is 4.79 Å². The number of hydrogen-bond acceptors (Lipinski definition) is 1. The van der Waals surface area contributed by atoms with Gasteiger partial charge in [0.25, 0.3) is 0 Å². The Bertz CT molecular complexity index is 435. The summed E-state index contributed by atoms with van der Waals surface area (Å²) in [5, 5.41) is 2.65. The predicted molar refractivity (Wildman–Crippen MR) is 58.7 cm³/mol. The number of amides is 1. The summed E-state index contributed by atoms with van der Waals surface area (Å²) in [6.07, 6.45) is 4.70. The molecule has 0 aliphatic rings. The molecule has 15 heavy (non-hydrogen) atoms. The van der Waals surface area contributed by atoms with Crippen LogP contribution in [0.15, 0.2) is 48.8 Å². The Morgan fingerprint density at radius 2 is 2.00 bits per heavy atom. The molecule has 2 aromatic rings. The molecular formula is C12H12N2O. The van der Waals surface area contributed by atoms with Crippen LogP contribution in [0.4, 0.5) is 0 Å². The Kier molecular flexibility index (Phi) is 2.83. The largest absolute Gasteiger partial charge is 0.355 e. The van der Waals surface area contributed by atoms with Crippen molar-refractivity contribution in [1.82, 2.24) is 9.88 Å². The Labute approximate surface area is 88.3 Å². The Hall–Kier alpha value is -2.03.